The van der Waals surface area contributed by atoms with E-state index in [1.165, 1.54) is 0 Å². The van der Waals surface area contributed by atoms with Crippen LogP contribution < -0.4 is 5.32 Å². The van der Waals surface area contributed by atoms with E-state index < -0.39 is 0 Å². The van der Waals surface area contributed by atoms with Gasteiger partial charge >= 0.3 is 0 Å². The first kappa shape index (κ1) is 12.0. The van der Waals surface area contributed by atoms with Crippen LogP contribution in [0, 0.1) is 0 Å². The zero-order chi connectivity index (χ0) is 11.3. The van der Waals surface area contributed by atoms with Crippen molar-refractivity contribution in [2.24, 2.45) is 0 Å². The molecule has 0 saturated carbocycles. The zero-order valence-corrected chi connectivity index (χ0v) is 10.0. The van der Waals surface area contributed by atoms with Gasteiger partial charge in [0.05, 0.1) is 12.6 Å². The van der Waals surface area contributed by atoms with Gasteiger partial charge in [0.1, 0.15) is 0 Å². The fourth-order valence-electron chi connectivity index (χ4n) is 1.47. The van der Waals surface area contributed by atoms with Crippen molar-refractivity contribution in [2.75, 3.05) is 11.9 Å². The number of ether oxygens (including phenoxy) is 1. The second kappa shape index (κ2) is 5.75. The van der Waals surface area contributed by atoms with Crippen LogP contribution in [0.25, 0.3) is 0 Å². The van der Waals surface area contributed by atoms with Gasteiger partial charge in [-0.2, -0.15) is 0 Å². The minimum Gasteiger partial charge on any atom is -0.377 e. The van der Waals surface area contributed by atoms with Gasteiger partial charge in [0, 0.05) is 25.0 Å². The largest absolute Gasteiger partial charge is 0.377 e. The number of aromatic nitrogens is 2. The molecule has 1 aromatic heterocycles. The molecule has 1 N–H and O–H groups in total. The fourth-order valence-corrected chi connectivity index (χ4v) is 1.47. The molecule has 0 radical (unpaired) electrons. The first-order chi connectivity index (χ1) is 7.13. The molecule has 1 heterocycles. The highest BCUT2D eigenvalue weighted by atomic mass is 16.5. The van der Waals surface area contributed by atoms with Crippen molar-refractivity contribution < 1.29 is 4.74 Å². The molecule has 4 heteroatoms. The molecule has 0 amide bonds. The summed E-state index contributed by atoms with van der Waals surface area (Å²) in [7, 11) is 0. The van der Waals surface area contributed by atoms with E-state index >= 15 is 0 Å². The van der Waals surface area contributed by atoms with Crippen molar-refractivity contribution in [1.82, 2.24) is 9.55 Å². The predicted octanol–water partition coefficient (Wildman–Crippen LogP) is 2.13. The van der Waals surface area contributed by atoms with Crippen LogP contribution in [0.2, 0.25) is 0 Å². The quantitative estimate of drug-likeness (QED) is 0.783. The lowest BCUT2D eigenvalue weighted by atomic mass is 10.4. The molecule has 0 aliphatic heterocycles. The van der Waals surface area contributed by atoms with Crippen LogP contribution in [-0.2, 0) is 11.3 Å². The minimum absolute atomic E-state index is 0.219. The van der Waals surface area contributed by atoms with E-state index in [9.17, 15) is 0 Å². The van der Waals surface area contributed by atoms with E-state index in [1.807, 2.05) is 19.3 Å². The van der Waals surface area contributed by atoms with Crippen LogP contribution in [0.4, 0.5) is 5.95 Å². The molecule has 1 aromatic rings. The van der Waals surface area contributed by atoms with Gasteiger partial charge in [0.25, 0.3) is 0 Å². The SMILES string of the molecule is CCOC(C)Cn1ccnc1NC(C)C. The summed E-state index contributed by atoms with van der Waals surface area (Å²) in [5, 5.41) is 3.30. The maximum atomic E-state index is 5.50. The third-order valence-electron chi connectivity index (χ3n) is 2.04. The number of nitrogens with one attached hydrogen (secondary N) is 1. The highest BCUT2D eigenvalue weighted by molar-refractivity contribution is 5.26. The maximum absolute atomic E-state index is 5.50. The molecule has 1 unspecified atom stereocenters. The second-order valence-electron chi connectivity index (χ2n) is 3.97. The van der Waals surface area contributed by atoms with E-state index in [1.54, 1.807) is 0 Å². The van der Waals surface area contributed by atoms with E-state index in [0.717, 1.165) is 19.1 Å². The highest BCUT2D eigenvalue weighted by Gasteiger charge is 2.07. The Labute approximate surface area is 91.7 Å². The Bertz CT molecular complexity index is 283. The summed E-state index contributed by atoms with van der Waals surface area (Å²) in [5.41, 5.74) is 0. The van der Waals surface area contributed by atoms with Gasteiger partial charge < -0.3 is 14.6 Å². The first-order valence-electron chi connectivity index (χ1n) is 5.52. The summed E-state index contributed by atoms with van der Waals surface area (Å²) in [6.45, 7) is 9.88. The Hall–Kier alpha value is -1.03. The van der Waals surface area contributed by atoms with Crippen LogP contribution >= 0.6 is 0 Å². The minimum atomic E-state index is 0.219. The lowest BCUT2D eigenvalue weighted by Crippen LogP contribution is -2.20. The van der Waals surface area contributed by atoms with Crippen molar-refractivity contribution in [1.29, 1.82) is 0 Å². The molecule has 0 aliphatic rings. The molecule has 0 aromatic carbocycles. The number of hydrogen-bond acceptors (Lipinski definition) is 3. The molecular weight excluding hydrogens is 190 g/mol. The average molecular weight is 211 g/mol. The third kappa shape index (κ3) is 3.91. The van der Waals surface area contributed by atoms with Crippen molar-refractivity contribution in [3.8, 4) is 0 Å². The van der Waals surface area contributed by atoms with Gasteiger partial charge in [-0.3, -0.25) is 0 Å². The Balaban J connectivity index is 2.56. The van der Waals surface area contributed by atoms with Crippen molar-refractivity contribution in [3.63, 3.8) is 0 Å². The fraction of sp³-hybridized carbons (Fsp3) is 0.727. The van der Waals surface area contributed by atoms with Gasteiger partial charge in [-0.25, -0.2) is 4.98 Å². The summed E-state index contributed by atoms with van der Waals surface area (Å²) in [6.07, 6.45) is 4.00. The van der Waals surface area contributed by atoms with Gasteiger partial charge in [0.15, 0.2) is 0 Å². The Morgan fingerprint density at radius 1 is 1.47 bits per heavy atom. The summed E-state index contributed by atoms with van der Waals surface area (Å²) >= 11 is 0. The predicted molar refractivity (Wildman–Crippen MR) is 62.1 cm³/mol. The van der Waals surface area contributed by atoms with E-state index in [-0.39, 0.29) is 6.10 Å². The van der Waals surface area contributed by atoms with Gasteiger partial charge in [-0.15, -0.1) is 0 Å². The summed E-state index contributed by atoms with van der Waals surface area (Å²) in [5.74, 6) is 0.913. The molecular formula is C11H21N3O. The van der Waals surface area contributed by atoms with Crippen LogP contribution in [0.3, 0.4) is 0 Å². The number of rotatable bonds is 6. The summed E-state index contributed by atoms with van der Waals surface area (Å²) in [4.78, 5) is 4.27. The van der Waals surface area contributed by atoms with Crippen LogP contribution in [0.1, 0.15) is 27.7 Å². The molecule has 0 bridgehead atoms. The molecule has 0 aliphatic carbocycles. The van der Waals surface area contributed by atoms with Crippen LogP contribution in [0.15, 0.2) is 12.4 Å². The van der Waals surface area contributed by atoms with Crippen molar-refractivity contribution in [2.45, 2.75) is 46.4 Å². The van der Waals surface area contributed by atoms with Gasteiger partial charge in [-0.05, 0) is 27.7 Å². The normalized spacial score (nSPS) is 13.1. The molecule has 86 valence electrons. The van der Waals surface area contributed by atoms with Gasteiger partial charge in [0.2, 0.25) is 5.95 Å². The first-order valence-corrected chi connectivity index (χ1v) is 5.52. The molecule has 1 atom stereocenters. The Morgan fingerprint density at radius 3 is 2.80 bits per heavy atom. The Kier molecular flexibility index (Phi) is 4.62. The smallest absolute Gasteiger partial charge is 0.203 e. The topological polar surface area (TPSA) is 39.1 Å². The lowest BCUT2D eigenvalue weighted by molar-refractivity contribution is 0.0644. The van der Waals surface area contributed by atoms with Crippen molar-refractivity contribution >= 4 is 5.95 Å². The third-order valence-corrected chi connectivity index (χ3v) is 2.04. The number of hydrogen-bond donors (Lipinski definition) is 1. The molecule has 0 fully saturated rings. The van der Waals surface area contributed by atoms with Gasteiger partial charge in [-0.1, -0.05) is 0 Å². The number of nitrogens with zero attached hydrogens (tertiary/aromatic N) is 2. The monoisotopic (exact) mass is 211 g/mol. The summed E-state index contributed by atoms with van der Waals surface area (Å²) < 4.78 is 7.58. The Morgan fingerprint density at radius 2 is 2.20 bits per heavy atom. The molecule has 4 nitrogen and oxygen atoms in total. The second-order valence-corrected chi connectivity index (χ2v) is 3.97. The maximum Gasteiger partial charge on any atom is 0.203 e. The molecule has 0 saturated heterocycles. The van der Waals surface area contributed by atoms with E-state index in [2.05, 4.69) is 35.6 Å². The zero-order valence-electron chi connectivity index (χ0n) is 10.0. The average Bonchev–Trinajstić information content (AvgIpc) is 2.52. The van der Waals surface area contributed by atoms with Crippen molar-refractivity contribution in [3.05, 3.63) is 12.4 Å². The molecule has 1 rings (SSSR count). The van der Waals surface area contributed by atoms with E-state index in [0.29, 0.717) is 6.04 Å². The highest BCUT2D eigenvalue weighted by Crippen LogP contribution is 2.08. The van der Waals surface area contributed by atoms with Crippen LogP contribution in [-0.4, -0.2) is 28.3 Å². The number of anilines is 1. The molecule has 0 spiro atoms. The lowest BCUT2D eigenvalue weighted by Gasteiger charge is -2.16. The standard InChI is InChI=1S/C11H21N3O/c1-5-15-10(4)8-14-7-6-12-11(14)13-9(2)3/h6-7,9-10H,5,8H2,1-4H3,(H,12,13). The van der Waals surface area contributed by atoms with E-state index in [4.69, 9.17) is 4.74 Å². The summed E-state index contributed by atoms with van der Waals surface area (Å²) in [6, 6.07) is 0.397. The van der Waals surface area contributed by atoms with Crippen LogP contribution in [0.5, 0.6) is 0 Å². The molecule has 15 heavy (non-hydrogen) atoms. The number of imidazole rings is 1.